The number of benzene rings is 2. The van der Waals surface area contributed by atoms with Crippen molar-refractivity contribution >= 4 is 34.8 Å². The predicted molar refractivity (Wildman–Crippen MR) is 140 cm³/mol. The van der Waals surface area contributed by atoms with Crippen LogP contribution in [0, 0.1) is 5.92 Å². The lowest BCUT2D eigenvalue weighted by Crippen LogP contribution is -2.45. The summed E-state index contributed by atoms with van der Waals surface area (Å²) in [5.41, 5.74) is 3.21. The maximum atomic E-state index is 13.2. The van der Waals surface area contributed by atoms with Crippen LogP contribution in [0.4, 0.5) is 5.95 Å². The molecule has 194 valence electrons. The van der Waals surface area contributed by atoms with E-state index in [4.69, 9.17) is 0 Å². The van der Waals surface area contributed by atoms with E-state index in [1.54, 1.807) is 17.0 Å². The van der Waals surface area contributed by atoms with Crippen molar-refractivity contribution in [2.45, 2.75) is 50.5 Å². The lowest BCUT2D eigenvalue weighted by molar-refractivity contribution is -0.137. The van der Waals surface area contributed by atoms with Crippen LogP contribution in [0.1, 0.15) is 60.4 Å². The van der Waals surface area contributed by atoms with Crippen molar-refractivity contribution in [3.63, 3.8) is 0 Å². The van der Waals surface area contributed by atoms with Crippen molar-refractivity contribution in [1.82, 2.24) is 20.2 Å². The lowest BCUT2D eigenvalue weighted by atomic mass is 9.86. The molecule has 1 aliphatic carbocycles. The number of anilines is 1. The molecule has 5 rings (SSSR count). The van der Waals surface area contributed by atoms with E-state index in [0.717, 1.165) is 54.8 Å². The van der Waals surface area contributed by atoms with Gasteiger partial charge in [-0.3, -0.25) is 14.4 Å². The molecule has 0 spiro atoms. The maximum Gasteiger partial charge on any atom is 0.303 e. The molecule has 9 heteroatoms. The molecule has 2 aromatic carbocycles. The first-order chi connectivity index (χ1) is 18.0. The molecule has 2 aliphatic rings. The first kappa shape index (κ1) is 24.8. The van der Waals surface area contributed by atoms with Crippen LogP contribution >= 0.6 is 0 Å². The summed E-state index contributed by atoms with van der Waals surface area (Å²) in [6.07, 6.45) is 4.30. The van der Waals surface area contributed by atoms with Gasteiger partial charge in [0.2, 0.25) is 11.9 Å². The molecule has 4 N–H and O–H groups in total. The molecule has 0 saturated heterocycles. The van der Waals surface area contributed by atoms with Crippen molar-refractivity contribution in [1.29, 1.82) is 0 Å². The fraction of sp³-hybridized carbons (Fsp3) is 0.429. The highest BCUT2D eigenvalue weighted by molar-refractivity contribution is 5.98. The van der Waals surface area contributed by atoms with Crippen molar-refractivity contribution in [3.8, 4) is 0 Å². The molecule has 1 atom stereocenters. The Morgan fingerprint density at radius 1 is 1.03 bits per heavy atom. The van der Waals surface area contributed by atoms with Crippen molar-refractivity contribution < 1.29 is 19.5 Å². The number of nitrogens with zero attached hydrogens (tertiary/aromatic N) is 2. The average molecular weight is 504 g/mol. The van der Waals surface area contributed by atoms with Crippen LogP contribution in [0.3, 0.4) is 0 Å². The molecule has 2 amide bonds. The van der Waals surface area contributed by atoms with E-state index < -0.39 is 5.97 Å². The SMILES string of the molecule is O=C(O)CC1CCN(CC(=O)NC2CCC(CNc3nc4ccccc4[nH]3)CC2)C(=O)c2ccccc21. The van der Waals surface area contributed by atoms with Gasteiger partial charge in [-0.05, 0) is 67.7 Å². The van der Waals surface area contributed by atoms with E-state index in [1.807, 2.05) is 36.4 Å². The summed E-state index contributed by atoms with van der Waals surface area (Å²) in [4.78, 5) is 46.8. The number of carboxylic acid groups (broad SMARTS) is 1. The third-order valence-electron chi connectivity index (χ3n) is 7.58. The standard InChI is InChI=1S/C28H33N5O4/c34-25(17-33-14-13-19(15-26(35)36)21-5-1-2-6-22(21)27(33)37)30-20-11-9-18(10-12-20)16-29-28-31-23-7-3-4-8-24(23)32-28/h1-8,18-20H,9-17H2,(H,30,34)(H,35,36)(H2,29,31,32). The van der Waals surface area contributed by atoms with Gasteiger partial charge in [-0.1, -0.05) is 30.3 Å². The van der Waals surface area contributed by atoms with Gasteiger partial charge in [0.1, 0.15) is 0 Å². The topological polar surface area (TPSA) is 127 Å². The van der Waals surface area contributed by atoms with Gasteiger partial charge in [0.15, 0.2) is 0 Å². The Morgan fingerprint density at radius 2 is 1.78 bits per heavy atom. The van der Waals surface area contributed by atoms with E-state index in [-0.39, 0.29) is 36.7 Å². The minimum Gasteiger partial charge on any atom is -0.481 e. The van der Waals surface area contributed by atoms with Crippen molar-refractivity contribution in [2.75, 3.05) is 25.0 Å². The molecule has 0 radical (unpaired) electrons. The van der Waals surface area contributed by atoms with Crippen LogP contribution in [-0.2, 0) is 9.59 Å². The Hall–Kier alpha value is -3.88. The number of imidazole rings is 1. The second-order valence-electron chi connectivity index (χ2n) is 10.2. The number of amides is 2. The molecule has 1 unspecified atom stereocenters. The molecule has 1 aliphatic heterocycles. The molecule has 3 aromatic rings. The van der Waals surface area contributed by atoms with Crippen molar-refractivity contribution in [2.24, 2.45) is 5.92 Å². The van der Waals surface area contributed by atoms with E-state index in [0.29, 0.717) is 24.4 Å². The number of hydrogen-bond acceptors (Lipinski definition) is 5. The van der Waals surface area contributed by atoms with E-state index in [9.17, 15) is 19.5 Å². The fourth-order valence-corrected chi connectivity index (χ4v) is 5.60. The summed E-state index contributed by atoms with van der Waals surface area (Å²) >= 11 is 0. The lowest BCUT2D eigenvalue weighted by Gasteiger charge is -2.30. The number of para-hydroxylation sites is 2. The van der Waals surface area contributed by atoms with Gasteiger partial charge in [0, 0.05) is 24.7 Å². The average Bonchev–Trinajstić information content (AvgIpc) is 3.27. The number of aromatic amines is 1. The number of rotatable bonds is 8. The number of nitrogens with one attached hydrogen (secondary N) is 3. The molecule has 1 fully saturated rings. The normalized spacial score (nSPS) is 21.8. The van der Waals surface area contributed by atoms with Crippen LogP contribution in [-0.4, -0.2) is 63.4 Å². The molecule has 1 saturated carbocycles. The van der Waals surface area contributed by atoms with Gasteiger partial charge >= 0.3 is 5.97 Å². The second-order valence-corrected chi connectivity index (χ2v) is 10.2. The van der Waals surface area contributed by atoms with Crippen molar-refractivity contribution in [3.05, 3.63) is 59.7 Å². The summed E-state index contributed by atoms with van der Waals surface area (Å²) in [5.74, 6) is -0.205. The highest BCUT2D eigenvalue weighted by atomic mass is 16.4. The van der Waals surface area contributed by atoms with Gasteiger partial charge < -0.3 is 25.6 Å². The molecule has 0 bridgehead atoms. The van der Waals surface area contributed by atoms with Crippen LogP contribution < -0.4 is 10.6 Å². The third-order valence-corrected chi connectivity index (χ3v) is 7.58. The Kier molecular flexibility index (Phi) is 7.39. The zero-order valence-electron chi connectivity index (χ0n) is 20.8. The maximum absolute atomic E-state index is 13.2. The fourth-order valence-electron chi connectivity index (χ4n) is 5.60. The number of H-pyrrole nitrogens is 1. The quantitative estimate of drug-likeness (QED) is 0.371. The number of fused-ring (bicyclic) bond motifs is 2. The molecular formula is C28H33N5O4. The number of aliphatic carboxylic acids is 1. The van der Waals surface area contributed by atoms with Gasteiger partial charge in [0.25, 0.3) is 5.91 Å². The van der Waals surface area contributed by atoms with Gasteiger partial charge in [-0.15, -0.1) is 0 Å². The van der Waals surface area contributed by atoms with E-state index in [1.165, 1.54) is 0 Å². The summed E-state index contributed by atoms with van der Waals surface area (Å²) in [5, 5.41) is 15.8. The van der Waals surface area contributed by atoms with Gasteiger partial charge in [0.05, 0.1) is 24.0 Å². The Morgan fingerprint density at radius 3 is 2.57 bits per heavy atom. The number of carbonyl (C=O) groups excluding carboxylic acids is 2. The number of carboxylic acids is 1. The summed E-state index contributed by atoms with van der Waals surface area (Å²) in [7, 11) is 0. The zero-order chi connectivity index (χ0) is 25.8. The van der Waals surface area contributed by atoms with E-state index in [2.05, 4.69) is 20.6 Å². The first-order valence-electron chi connectivity index (χ1n) is 13.0. The summed E-state index contributed by atoms with van der Waals surface area (Å²) in [6.45, 7) is 1.18. The zero-order valence-corrected chi connectivity index (χ0v) is 20.8. The Labute approximate surface area is 215 Å². The molecular weight excluding hydrogens is 470 g/mol. The molecule has 9 nitrogen and oxygen atoms in total. The number of aromatic nitrogens is 2. The number of hydrogen-bond donors (Lipinski definition) is 4. The minimum atomic E-state index is -0.887. The monoisotopic (exact) mass is 503 g/mol. The predicted octanol–water partition coefficient (Wildman–Crippen LogP) is 3.75. The second kappa shape index (κ2) is 11.0. The highest BCUT2D eigenvalue weighted by Gasteiger charge is 2.31. The highest BCUT2D eigenvalue weighted by Crippen LogP contribution is 2.31. The summed E-state index contributed by atoms with van der Waals surface area (Å²) in [6, 6.07) is 15.2. The van der Waals surface area contributed by atoms with E-state index >= 15 is 0 Å². The molecule has 37 heavy (non-hydrogen) atoms. The minimum absolute atomic E-state index is 0.0134. The smallest absolute Gasteiger partial charge is 0.303 e. The van der Waals surface area contributed by atoms with Crippen LogP contribution in [0.5, 0.6) is 0 Å². The Balaban J connectivity index is 1.10. The molecule has 2 heterocycles. The largest absolute Gasteiger partial charge is 0.481 e. The summed E-state index contributed by atoms with van der Waals surface area (Å²) < 4.78 is 0. The Bertz CT molecular complexity index is 1250. The van der Waals surface area contributed by atoms with Gasteiger partial charge in [-0.25, -0.2) is 4.98 Å². The number of carbonyl (C=O) groups is 3. The van der Waals surface area contributed by atoms with Gasteiger partial charge in [-0.2, -0.15) is 0 Å². The van der Waals surface area contributed by atoms with Crippen LogP contribution in [0.15, 0.2) is 48.5 Å². The van der Waals surface area contributed by atoms with Crippen LogP contribution in [0.25, 0.3) is 11.0 Å². The third kappa shape index (κ3) is 5.93. The first-order valence-corrected chi connectivity index (χ1v) is 13.0. The molecule has 1 aromatic heterocycles. The van der Waals surface area contributed by atoms with Crippen LogP contribution in [0.2, 0.25) is 0 Å².